The molecule has 1 fully saturated rings. The lowest BCUT2D eigenvalue weighted by Gasteiger charge is -2.22. The van der Waals surface area contributed by atoms with Crippen molar-refractivity contribution in [3.05, 3.63) is 34.3 Å². The maximum Gasteiger partial charge on any atom is 0.0438 e. The number of benzene rings is 1. The monoisotopic (exact) mass is 288 g/mol. The highest BCUT2D eigenvalue weighted by Crippen LogP contribution is 2.29. The maximum absolute atomic E-state index is 6.14. The molecule has 1 aliphatic heterocycles. The van der Waals surface area contributed by atoms with Gasteiger partial charge in [-0.05, 0) is 49.0 Å². The predicted octanol–water partition coefficient (Wildman–Crippen LogP) is 3.24. The molecule has 0 saturated carbocycles. The van der Waals surface area contributed by atoms with Crippen molar-refractivity contribution in [3.63, 3.8) is 0 Å². The van der Waals surface area contributed by atoms with E-state index in [1.54, 1.807) is 0 Å². The maximum atomic E-state index is 6.14. The summed E-state index contributed by atoms with van der Waals surface area (Å²) in [5, 5.41) is 0.864. The fourth-order valence-corrected chi connectivity index (χ4v) is 2.62. The second-order valence-electron chi connectivity index (χ2n) is 5.56. The van der Waals surface area contributed by atoms with Crippen molar-refractivity contribution in [1.82, 2.24) is 4.90 Å². The van der Waals surface area contributed by atoms with Crippen LogP contribution in [0.2, 0.25) is 5.02 Å². The Labute approximate surface area is 121 Å². The van der Waals surface area contributed by atoms with Gasteiger partial charge in [-0.3, -0.25) is 4.90 Å². The van der Waals surface area contributed by atoms with E-state index in [2.05, 4.69) is 30.0 Å². The van der Waals surface area contributed by atoms with E-state index >= 15 is 0 Å². The fraction of sp³-hybridized carbons (Fsp3) is 0.571. The molecule has 4 heteroatoms. The van der Waals surface area contributed by atoms with Crippen LogP contribution < -0.4 is 5.73 Å². The third-order valence-corrected chi connectivity index (χ3v) is 4.18. The number of halogens is 2. The molecule has 1 heterocycles. The molecule has 2 rings (SSSR count). The topological polar surface area (TPSA) is 29.3 Å². The molecule has 0 radical (unpaired) electrons. The van der Waals surface area contributed by atoms with Crippen LogP contribution in [0.15, 0.2) is 18.2 Å². The van der Waals surface area contributed by atoms with Crippen LogP contribution in [0, 0.1) is 12.3 Å². The van der Waals surface area contributed by atoms with Crippen LogP contribution in [0.3, 0.4) is 0 Å². The van der Waals surface area contributed by atoms with Crippen molar-refractivity contribution in [2.75, 3.05) is 19.6 Å². The lowest BCUT2D eigenvalue weighted by atomic mass is 9.90. The van der Waals surface area contributed by atoms with Gasteiger partial charge in [0, 0.05) is 18.1 Å². The summed E-state index contributed by atoms with van der Waals surface area (Å²) in [5.74, 6) is 0. The first kappa shape index (κ1) is 15.8. The van der Waals surface area contributed by atoms with Gasteiger partial charge in [0.1, 0.15) is 0 Å². The van der Waals surface area contributed by atoms with Crippen LogP contribution >= 0.6 is 24.0 Å². The number of rotatable bonds is 3. The van der Waals surface area contributed by atoms with E-state index in [-0.39, 0.29) is 12.4 Å². The minimum Gasteiger partial charge on any atom is -0.330 e. The van der Waals surface area contributed by atoms with Crippen molar-refractivity contribution in [2.45, 2.75) is 26.8 Å². The summed E-state index contributed by atoms with van der Waals surface area (Å²) >= 11 is 6.14. The highest BCUT2D eigenvalue weighted by molar-refractivity contribution is 6.31. The summed E-state index contributed by atoms with van der Waals surface area (Å²) in [6, 6.07) is 6.34. The van der Waals surface area contributed by atoms with Crippen LogP contribution in [0.5, 0.6) is 0 Å². The van der Waals surface area contributed by atoms with Crippen LogP contribution in [-0.4, -0.2) is 24.5 Å². The highest BCUT2D eigenvalue weighted by Gasteiger charge is 2.32. The van der Waals surface area contributed by atoms with E-state index in [1.165, 1.54) is 12.0 Å². The van der Waals surface area contributed by atoms with Gasteiger partial charge in [-0.15, -0.1) is 12.4 Å². The number of nitrogens with two attached hydrogens (primary N) is 1. The normalized spacial score (nSPS) is 24.0. The summed E-state index contributed by atoms with van der Waals surface area (Å²) < 4.78 is 0. The third kappa shape index (κ3) is 3.61. The summed E-state index contributed by atoms with van der Waals surface area (Å²) in [5.41, 5.74) is 8.56. The van der Waals surface area contributed by atoms with Crippen LogP contribution in [0.1, 0.15) is 24.5 Å². The van der Waals surface area contributed by atoms with Crippen LogP contribution in [0.4, 0.5) is 0 Å². The molecule has 102 valence electrons. The van der Waals surface area contributed by atoms with E-state index in [9.17, 15) is 0 Å². The fourth-order valence-electron chi connectivity index (χ4n) is 2.42. The summed E-state index contributed by atoms with van der Waals surface area (Å²) in [7, 11) is 0. The van der Waals surface area contributed by atoms with E-state index in [0.29, 0.717) is 5.41 Å². The van der Waals surface area contributed by atoms with Crippen LogP contribution in [0.25, 0.3) is 0 Å². The molecule has 0 spiro atoms. The lowest BCUT2D eigenvalue weighted by molar-refractivity contribution is 0.274. The molecule has 18 heavy (non-hydrogen) atoms. The molecule has 0 amide bonds. The zero-order chi connectivity index (χ0) is 12.5. The molecule has 1 saturated heterocycles. The molecule has 0 bridgehead atoms. The largest absolute Gasteiger partial charge is 0.330 e. The van der Waals surface area contributed by atoms with Gasteiger partial charge in [0.05, 0.1) is 0 Å². The number of nitrogens with zero attached hydrogens (tertiary/aromatic N) is 1. The van der Waals surface area contributed by atoms with Gasteiger partial charge in [-0.2, -0.15) is 0 Å². The Morgan fingerprint density at radius 3 is 2.72 bits per heavy atom. The number of hydrogen-bond donors (Lipinski definition) is 1. The number of likely N-dealkylation sites (tertiary alicyclic amines) is 1. The molecule has 0 aliphatic carbocycles. The van der Waals surface area contributed by atoms with Crippen molar-refractivity contribution < 1.29 is 0 Å². The zero-order valence-electron chi connectivity index (χ0n) is 11.1. The third-order valence-electron chi connectivity index (χ3n) is 3.77. The van der Waals surface area contributed by atoms with Gasteiger partial charge in [-0.1, -0.05) is 30.7 Å². The average Bonchev–Trinajstić information content (AvgIpc) is 2.67. The SMILES string of the molecule is Cc1ccc(CN2CCC(C)(CN)C2)cc1Cl.Cl. The summed E-state index contributed by atoms with van der Waals surface area (Å²) in [6.45, 7) is 8.30. The Balaban J connectivity index is 0.00000162. The second-order valence-corrected chi connectivity index (χ2v) is 5.97. The average molecular weight is 289 g/mol. The molecular formula is C14H22Cl2N2. The predicted molar refractivity (Wildman–Crippen MR) is 80.5 cm³/mol. The van der Waals surface area contributed by atoms with Gasteiger partial charge < -0.3 is 5.73 Å². The molecule has 2 N–H and O–H groups in total. The van der Waals surface area contributed by atoms with Gasteiger partial charge in [0.25, 0.3) is 0 Å². The smallest absolute Gasteiger partial charge is 0.0438 e. The van der Waals surface area contributed by atoms with Crippen molar-refractivity contribution in [1.29, 1.82) is 0 Å². The van der Waals surface area contributed by atoms with E-state index in [1.807, 2.05) is 6.92 Å². The van der Waals surface area contributed by atoms with Crippen molar-refractivity contribution in [2.24, 2.45) is 11.1 Å². The minimum atomic E-state index is 0. The number of aryl methyl sites for hydroxylation is 1. The quantitative estimate of drug-likeness (QED) is 0.925. The first-order valence-corrected chi connectivity index (χ1v) is 6.58. The second kappa shape index (κ2) is 6.25. The molecule has 1 atom stereocenters. The molecule has 1 aromatic rings. The first-order chi connectivity index (χ1) is 8.02. The van der Waals surface area contributed by atoms with E-state index < -0.39 is 0 Å². The van der Waals surface area contributed by atoms with Crippen LogP contribution in [-0.2, 0) is 6.54 Å². The molecular weight excluding hydrogens is 267 g/mol. The van der Waals surface area contributed by atoms with Gasteiger partial charge in [-0.25, -0.2) is 0 Å². The highest BCUT2D eigenvalue weighted by atomic mass is 35.5. The van der Waals surface area contributed by atoms with Crippen molar-refractivity contribution >= 4 is 24.0 Å². The molecule has 1 aromatic carbocycles. The first-order valence-electron chi connectivity index (χ1n) is 6.20. The van der Waals surface area contributed by atoms with E-state index in [0.717, 1.165) is 36.8 Å². The molecule has 1 unspecified atom stereocenters. The summed E-state index contributed by atoms with van der Waals surface area (Å²) in [6.07, 6.45) is 1.20. The zero-order valence-corrected chi connectivity index (χ0v) is 12.7. The molecule has 0 aromatic heterocycles. The van der Waals surface area contributed by atoms with Gasteiger partial charge in [0.2, 0.25) is 0 Å². The Bertz CT molecular complexity index is 409. The van der Waals surface area contributed by atoms with E-state index in [4.69, 9.17) is 17.3 Å². The number of hydrogen-bond acceptors (Lipinski definition) is 2. The lowest BCUT2D eigenvalue weighted by Crippen LogP contribution is -2.31. The Kier molecular flexibility index (Phi) is 5.47. The summed E-state index contributed by atoms with van der Waals surface area (Å²) in [4.78, 5) is 2.47. The Morgan fingerprint density at radius 1 is 1.44 bits per heavy atom. The van der Waals surface area contributed by atoms with Gasteiger partial charge >= 0.3 is 0 Å². The minimum absolute atomic E-state index is 0. The Hall–Kier alpha value is -0.280. The van der Waals surface area contributed by atoms with Gasteiger partial charge in [0.15, 0.2) is 0 Å². The standard InChI is InChI=1S/C14H21ClN2.ClH/c1-11-3-4-12(7-13(11)15)8-17-6-5-14(2,9-16)10-17;/h3-4,7H,5-6,8-10,16H2,1-2H3;1H. The van der Waals surface area contributed by atoms with Crippen molar-refractivity contribution in [3.8, 4) is 0 Å². The molecule has 2 nitrogen and oxygen atoms in total. The molecule has 1 aliphatic rings. The Morgan fingerprint density at radius 2 is 2.17 bits per heavy atom.